The lowest BCUT2D eigenvalue weighted by atomic mass is 10.3. The molecule has 0 spiro atoms. The predicted molar refractivity (Wildman–Crippen MR) is 49.0 cm³/mol. The fourth-order valence-electron chi connectivity index (χ4n) is 0.634. The molecule has 0 saturated carbocycles. The first kappa shape index (κ1) is 8.68. The Morgan fingerprint density at radius 1 is 1.73 bits per heavy atom. The van der Waals surface area contributed by atoms with Crippen molar-refractivity contribution >= 4 is 29.2 Å². The Labute approximate surface area is 75.1 Å². The van der Waals surface area contributed by atoms with E-state index >= 15 is 0 Å². The quantitative estimate of drug-likeness (QED) is 0.667. The van der Waals surface area contributed by atoms with Crippen molar-refractivity contribution in [1.29, 1.82) is 0 Å². The lowest BCUT2D eigenvalue weighted by molar-refractivity contribution is 1.09. The second kappa shape index (κ2) is 3.83. The normalized spacial score (nSPS) is 12.1. The highest BCUT2D eigenvalue weighted by molar-refractivity contribution is 7.06. The number of allylic oxidation sites excluding steroid dienone is 1. The molecule has 4 heteroatoms. The number of aryl methyl sites for hydroxylation is 1. The van der Waals surface area contributed by atoms with Crippen LogP contribution in [-0.2, 0) is 0 Å². The third-order valence-electron chi connectivity index (χ3n) is 1.27. The summed E-state index contributed by atoms with van der Waals surface area (Å²) in [5.74, 6) is 0.567. The molecule has 11 heavy (non-hydrogen) atoms. The minimum Gasteiger partial charge on any atom is -0.143 e. The fraction of sp³-hybridized carbons (Fsp3) is 0.429. The molecule has 1 aromatic heterocycles. The second-order valence-electron chi connectivity index (χ2n) is 2.35. The highest BCUT2D eigenvalue weighted by atomic mass is 35.5. The van der Waals surface area contributed by atoms with Crippen LogP contribution in [0.3, 0.4) is 0 Å². The third-order valence-corrected chi connectivity index (χ3v) is 2.47. The van der Waals surface area contributed by atoms with E-state index in [0.29, 0.717) is 5.88 Å². The maximum Gasteiger partial charge on any atom is 0.0797 e. The van der Waals surface area contributed by atoms with Crippen LogP contribution < -0.4 is 0 Å². The highest BCUT2D eigenvalue weighted by Gasteiger charge is 1.98. The fourth-order valence-corrected chi connectivity index (χ4v) is 1.39. The van der Waals surface area contributed by atoms with Gasteiger partial charge in [0.2, 0.25) is 0 Å². The number of hydrogen-bond acceptors (Lipinski definition) is 3. The first-order valence-electron chi connectivity index (χ1n) is 3.26. The van der Waals surface area contributed by atoms with E-state index in [1.54, 1.807) is 0 Å². The largest absolute Gasteiger partial charge is 0.143 e. The van der Waals surface area contributed by atoms with Gasteiger partial charge < -0.3 is 0 Å². The second-order valence-corrected chi connectivity index (χ2v) is 3.40. The van der Waals surface area contributed by atoms with Crippen molar-refractivity contribution in [3.63, 3.8) is 0 Å². The van der Waals surface area contributed by atoms with E-state index in [9.17, 15) is 0 Å². The summed E-state index contributed by atoms with van der Waals surface area (Å²) >= 11 is 7.01. The van der Waals surface area contributed by atoms with Crippen LogP contribution >= 0.6 is 23.1 Å². The molecule has 0 amide bonds. The molecule has 2 nitrogen and oxygen atoms in total. The van der Waals surface area contributed by atoms with Crippen LogP contribution in [0.15, 0.2) is 5.57 Å². The number of rotatable bonds is 2. The third kappa shape index (κ3) is 2.27. The molecule has 0 bridgehead atoms. The molecular weight excluding hydrogens is 180 g/mol. The Morgan fingerprint density at radius 3 is 2.91 bits per heavy atom. The van der Waals surface area contributed by atoms with Gasteiger partial charge in [-0.1, -0.05) is 10.1 Å². The number of hydrogen-bond donors (Lipinski definition) is 0. The molecule has 0 fully saturated rings. The van der Waals surface area contributed by atoms with E-state index in [0.717, 1.165) is 16.1 Å². The van der Waals surface area contributed by atoms with Crippen LogP contribution in [0.1, 0.15) is 17.5 Å². The maximum atomic E-state index is 5.62. The van der Waals surface area contributed by atoms with E-state index in [1.807, 2.05) is 19.9 Å². The number of nitrogens with zero attached hydrogens (tertiary/aromatic N) is 2. The average molecular weight is 189 g/mol. The smallest absolute Gasteiger partial charge is 0.0797 e. The van der Waals surface area contributed by atoms with Gasteiger partial charge in [-0.05, 0) is 31.5 Å². The molecule has 1 rings (SSSR count). The topological polar surface area (TPSA) is 25.8 Å². The van der Waals surface area contributed by atoms with E-state index < -0.39 is 0 Å². The first-order chi connectivity index (χ1) is 5.24. The monoisotopic (exact) mass is 188 g/mol. The van der Waals surface area contributed by atoms with Crippen molar-refractivity contribution in [3.05, 3.63) is 16.1 Å². The molecule has 0 radical (unpaired) electrons. The van der Waals surface area contributed by atoms with Crippen LogP contribution in [0.4, 0.5) is 0 Å². The molecule has 0 saturated heterocycles. The number of aromatic nitrogens is 2. The van der Waals surface area contributed by atoms with Gasteiger partial charge in [0.15, 0.2) is 0 Å². The van der Waals surface area contributed by atoms with Gasteiger partial charge in [0.1, 0.15) is 0 Å². The van der Waals surface area contributed by atoms with Crippen molar-refractivity contribution in [2.45, 2.75) is 13.8 Å². The zero-order valence-electron chi connectivity index (χ0n) is 6.47. The molecule has 0 N–H and O–H groups in total. The molecule has 0 aliphatic carbocycles. The number of alkyl halides is 1. The Balaban J connectivity index is 2.86. The summed E-state index contributed by atoms with van der Waals surface area (Å²) in [6.45, 7) is 3.93. The van der Waals surface area contributed by atoms with Gasteiger partial charge in [-0.15, -0.1) is 16.7 Å². The van der Waals surface area contributed by atoms with Gasteiger partial charge >= 0.3 is 0 Å². The molecule has 0 aliphatic rings. The Bertz CT molecular complexity index is 267. The van der Waals surface area contributed by atoms with Crippen molar-refractivity contribution in [2.75, 3.05) is 5.88 Å². The van der Waals surface area contributed by atoms with Gasteiger partial charge in [0.05, 0.1) is 10.6 Å². The lowest BCUT2D eigenvalue weighted by Crippen LogP contribution is -1.78. The lowest BCUT2D eigenvalue weighted by Gasteiger charge is -1.90. The molecule has 60 valence electrons. The summed E-state index contributed by atoms with van der Waals surface area (Å²) in [5.41, 5.74) is 2.11. The minimum absolute atomic E-state index is 0.567. The Kier molecular flexibility index (Phi) is 3.02. The van der Waals surface area contributed by atoms with Crippen LogP contribution in [0.2, 0.25) is 0 Å². The summed E-state index contributed by atoms with van der Waals surface area (Å²) in [6.07, 6.45) is 2.02. The molecule has 0 aliphatic heterocycles. The van der Waals surface area contributed by atoms with Gasteiger partial charge in [0, 0.05) is 5.88 Å². The standard InChI is InChI=1S/C7H9ClN2S/c1-5(4-8)3-7-6(2)9-10-11-7/h3H,4H2,1-2H3/b5-3+. The van der Waals surface area contributed by atoms with Gasteiger partial charge in [-0.3, -0.25) is 0 Å². The Morgan fingerprint density at radius 2 is 2.45 bits per heavy atom. The molecule has 0 atom stereocenters. The summed E-state index contributed by atoms with van der Waals surface area (Å²) in [5, 5.41) is 3.88. The molecule has 0 unspecified atom stereocenters. The van der Waals surface area contributed by atoms with Crippen molar-refractivity contribution in [2.24, 2.45) is 0 Å². The average Bonchev–Trinajstić information content (AvgIpc) is 2.37. The SMILES string of the molecule is C/C(=C\c1snnc1C)CCl. The van der Waals surface area contributed by atoms with Crippen molar-refractivity contribution < 1.29 is 0 Å². The van der Waals surface area contributed by atoms with E-state index in [2.05, 4.69) is 9.59 Å². The van der Waals surface area contributed by atoms with Gasteiger partial charge in [0.25, 0.3) is 0 Å². The predicted octanol–water partition coefficient (Wildman–Crippen LogP) is 2.49. The minimum atomic E-state index is 0.567. The first-order valence-corrected chi connectivity index (χ1v) is 4.57. The van der Waals surface area contributed by atoms with Gasteiger partial charge in [-0.25, -0.2) is 0 Å². The van der Waals surface area contributed by atoms with Crippen LogP contribution in [0.5, 0.6) is 0 Å². The van der Waals surface area contributed by atoms with Crippen molar-refractivity contribution in [3.8, 4) is 0 Å². The molecule has 1 aromatic rings. The molecular formula is C7H9ClN2S. The summed E-state index contributed by atoms with van der Waals surface area (Å²) < 4.78 is 3.81. The van der Waals surface area contributed by atoms with Crippen LogP contribution in [0, 0.1) is 6.92 Å². The maximum absolute atomic E-state index is 5.62. The Hall–Kier alpha value is -0.410. The zero-order chi connectivity index (χ0) is 8.27. The number of halogens is 1. The summed E-state index contributed by atoms with van der Waals surface area (Å²) in [7, 11) is 0. The van der Waals surface area contributed by atoms with Crippen LogP contribution in [0.25, 0.3) is 6.08 Å². The summed E-state index contributed by atoms with van der Waals surface area (Å²) in [6, 6.07) is 0. The highest BCUT2D eigenvalue weighted by Crippen LogP contribution is 2.14. The van der Waals surface area contributed by atoms with E-state index in [4.69, 9.17) is 11.6 Å². The van der Waals surface area contributed by atoms with Crippen molar-refractivity contribution in [1.82, 2.24) is 9.59 Å². The van der Waals surface area contributed by atoms with Crippen LogP contribution in [-0.4, -0.2) is 15.5 Å². The van der Waals surface area contributed by atoms with Gasteiger partial charge in [-0.2, -0.15) is 0 Å². The zero-order valence-corrected chi connectivity index (χ0v) is 8.04. The van der Waals surface area contributed by atoms with E-state index in [-0.39, 0.29) is 0 Å². The molecule has 1 heterocycles. The summed E-state index contributed by atoms with van der Waals surface area (Å²) in [4.78, 5) is 1.10. The molecule has 0 aromatic carbocycles. The van der Waals surface area contributed by atoms with E-state index in [1.165, 1.54) is 11.5 Å².